The number of benzene rings is 1. The van der Waals surface area contributed by atoms with E-state index < -0.39 is 5.41 Å². The molecule has 0 radical (unpaired) electrons. The molecule has 1 N–H and O–H groups in total. The summed E-state index contributed by atoms with van der Waals surface area (Å²) in [5.41, 5.74) is -0.0367. The Bertz CT molecular complexity index is 500. The summed E-state index contributed by atoms with van der Waals surface area (Å²) >= 11 is 3.30. The van der Waals surface area contributed by atoms with E-state index >= 15 is 0 Å². The van der Waals surface area contributed by atoms with Gasteiger partial charge in [-0.3, -0.25) is 9.59 Å². The highest BCUT2D eigenvalue weighted by atomic mass is 79.9. The van der Waals surface area contributed by atoms with Crippen molar-refractivity contribution in [2.24, 2.45) is 0 Å². The number of amides is 1. The van der Waals surface area contributed by atoms with Crippen LogP contribution in [-0.4, -0.2) is 18.2 Å². The Balaban J connectivity index is 2.78. The van der Waals surface area contributed by atoms with Crippen molar-refractivity contribution < 1.29 is 14.0 Å². The standard InChI is InChI=1S/C14H17BrFNO2/c1-9(18)6-13(19)17-8-14(2,3)11-7-10(15)4-5-12(11)16/h4-5,7H,6,8H2,1-3H3,(H,17,19). The van der Waals surface area contributed by atoms with Crippen LogP contribution in [0.3, 0.4) is 0 Å². The smallest absolute Gasteiger partial charge is 0.227 e. The lowest BCUT2D eigenvalue weighted by Crippen LogP contribution is -2.37. The zero-order valence-electron chi connectivity index (χ0n) is 11.2. The van der Waals surface area contributed by atoms with E-state index in [1.807, 2.05) is 13.8 Å². The maximum atomic E-state index is 13.8. The van der Waals surface area contributed by atoms with Crippen molar-refractivity contribution in [1.29, 1.82) is 0 Å². The molecule has 0 aromatic heterocycles. The monoisotopic (exact) mass is 329 g/mol. The van der Waals surface area contributed by atoms with E-state index in [1.54, 1.807) is 12.1 Å². The number of hydrogen-bond donors (Lipinski definition) is 1. The van der Waals surface area contributed by atoms with Gasteiger partial charge in [-0.1, -0.05) is 29.8 Å². The number of ketones is 1. The minimum atomic E-state index is -0.555. The molecule has 0 aliphatic rings. The first-order valence-electron chi connectivity index (χ1n) is 5.94. The van der Waals surface area contributed by atoms with Gasteiger partial charge in [-0.2, -0.15) is 0 Å². The Kier molecular flexibility index (Phi) is 5.23. The third-order valence-corrected chi connectivity index (χ3v) is 3.29. The maximum Gasteiger partial charge on any atom is 0.227 e. The van der Waals surface area contributed by atoms with E-state index in [2.05, 4.69) is 21.2 Å². The molecule has 0 fully saturated rings. The summed E-state index contributed by atoms with van der Waals surface area (Å²) in [7, 11) is 0. The summed E-state index contributed by atoms with van der Waals surface area (Å²) in [6, 6.07) is 4.72. The van der Waals surface area contributed by atoms with Crippen LogP contribution in [-0.2, 0) is 15.0 Å². The van der Waals surface area contributed by atoms with Gasteiger partial charge in [0.25, 0.3) is 0 Å². The molecule has 0 bridgehead atoms. The van der Waals surface area contributed by atoms with Crippen LogP contribution < -0.4 is 5.32 Å². The Morgan fingerprint density at radius 1 is 1.37 bits per heavy atom. The van der Waals surface area contributed by atoms with Crippen molar-refractivity contribution in [1.82, 2.24) is 5.32 Å². The van der Waals surface area contributed by atoms with E-state index in [9.17, 15) is 14.0 Å². The molecule has 5 heteroatoms. The van der Waals surface area contributed by atoms with Gasteiger partial charge < -0.3 is 5.32 Å². The number of halogens is 2. The van der Waals surface area contributed by atoms with Crippen molar-refractivity contribution >= 4 is 27.6 Å². The molecule has 0 heterocycles. The van der Waals surface area contributed by atoms with Gasteiger partial charge in [0.1, 0.15) is 11.6 Å². The molecular formula is C14H17BrFNO2. The fraction of sp³-hybridized carbons (Fsp3) is 0.429. The van der Waals surface area contributed by atoms with Gasteiger partial charge in [0.15, 0.2) is 0 Å². The van der Waals surface area contributed by atoms with E-state index in [-0.39, 0.29) is 30.5 Å². The molecule has 19 heavy (non-hydrogen) atoms. The number of nitrogens with one attached hydrogen (secondary N) is 1. The predicted molar refractivity (Wildman–Crippen MR) is 75.4 cm³/mol. The zero-order chi connectivity index (χ0) is 14.6. The third-order valence-electron chi connectivity index (χ3n) is 2.79. The van der Waals surface area contributed by atoms with Crippen molar-refractivity contribution in [3.05, 3.63) is 34.1 Å². The minimum absolute atomic E-state index is 0.142. The van der Waals surface area contributed by atoms with Gasteiger partial charge >= 0.3 is 0 Å². The zero-order valence-corrected chi connectivity index (χ0v) is 12.8. The molecular weight excluding hydrogens is 313 g/mol. The van der Waals surface area contributed by atoms with Crippen LogP contribution in [0.2, 0.25) is 0 Å². The SMILES string of the molecule is CC(=O)CC(=O)NCC(C)(C)c1cc(Br)ccc1F. The lowest BCUT2D eigenvalue weighted by atomic mass is 9.84. The molecule has 3 nitrogen and oxygen atoms in total. The molecule has 1 rings (SSSR count). The van der Waals surface area contributed by atoms with E-state index in [0.717, 1.165) is 4.47 Å². The number of rotatable bonds is 5. The topological polar surface area (TPSA) is 46.2 Å². The lowest BCUT2D eigenvalue weighted by Gasteiger charge is -2.26. The van der Waals surface area contributed by atoms with Crippen LogP contribution in [0.25, 0.3) is 0 Å². The van der Waals surface area contributed by atoms with Gasteiger partial charge in [-0.05, 0) is 30.7 Å². The van der Waals surface area contributed by atoms with Crippen molar-refractivity contribution in [2.75, 3.05) is 6.54 Å². The molecule has 1 amide bonds. The summed E-state index contributed by atoms with van der Waals surface area (Å²) in [6.07, 6.45) is -0.142. The van der Waals surface area contributed by atoms with Crippen molar-refractivity contribution in [3.8, 4) is 0 Å². The number of hydrogen-bond acceptors (Lipinski definition) is 2. The van der Waals surface area contributed by atoms with Gasteiger partial charge in [-0.25, -0.2) is 4.39 Å². The number of carbonyl (C=O) groups is 2. The van der Waals surface area contributed by atoms with Crippen LogP contribution in [0.1, 0.15) is 32.8 Å². The summed E-state index contributed by atoms with van der Waals surface area (Å²) in [5.74, 6) is -0.839. The summed E-state index contributed by atoms with van der Waals surface area (Å²) < 4.78 is 14.6. The molecule has 0 spiro atoms. The van der Waals surface area contributed by atoms with Crippen LogP contribution >= 0.6 is 15.9 Å². The van der Waals surface area contributed by atoms with E-state index in [1.165, 1.54) is 13.0 Å². The second-order valence-electron chi connectivity index (χ2n) is 5.16. The highest BCUT2D eigenvalue weighted by molar-refractivity contribution is 9.10. The highest BCUT2D eigenvalue weighted by Gasteiger charge is 2.25. The Labute approximate surface area is 120 Å². The molecule has 1 aromatic rings. The fourth-order valence-electron chi connectivity index (χ4n) is 1.72. The molecule has 0 atom stereocenters. The van der Waals surface area contributed by atoms with Crippen LogP contribution in [0.15, 0.2) is 22.7 Å². The van der Waals surface area contributed by atoms with E-state index in [0.29, 0.717) is 5.56 Å². The molecule has 0 saturated heterocycles. The first kappa shape index (κ1) is 15.8. The predicted octanol–water partition coefficient (Wildman–Crippen LogP) is 2.96. The fourth-order valence-corrected chi connectivity index (χ4v) is 2.08. The number of carbonyl (C=O) groups excluding carboxylic acids is 2. The molecule has 0 saturated carbocycles. The quantitative estimate of drug-likeness (QED) is 0.844. The Morgan fingerprint density at radius 3 is 2.58 bits per heavy atom. The second kappa shape index (κ2) is 6.28. The molecule has 1 aromatic carbocycles. The summed E-state index contributed by atoms with van der Waals surface area (Å²) in [4.78, 5) is 22.3. The Hall–Kier alpha value is -1.23. The largest absolute Gasteiger partial charge is 0.355 e. The van der Waals surface area contributed by atoms with Gasteiger partial charge in [0.2, 0.25) is 5.91 Å². The van der Waals surface area contributed by atoms with Crippen LogP contribution in [0.4, 0.5) is 4.39 Å². The normalized spacial score (nSPS) is 11.2. The molecule has 0 aliphatic carbocycles. The van der Waals surface area contributed by atoms with Gasteiger partial charge in [-0.15, -0.1) is 0 Å². The van der Waals surface area contributed by atoms with Crippen LogP contribution in [0.5, 0.6) is 0 Å². The third kappa shape index (κ3) is 4.74. The summed E-state index contributed by atoms with van der Waals surface area (Å²) in [6.45, 7) is 5.31. The van der Waals surface area contributed by atoms with Crippen LogP contribution in [0, 0.1) is 5.82 Å². The van der Waals surface area contributed by atoms with Crippen molar-refractivity contribution in [2.45, 2.75) is 32.6 Å². The molecule has 0 aliphatic heterocycles. The average Bonchev–Trinajstić information content (AvgIpc) is 2.29. The first-order chi connectivity index (χ1) is 8.72. The summed E-state index contributed by atoms with van der Waals surface area (Å²) in [5, 5.41) is 2.66. The maximum absolute atomic E-state index is 13.8. The first-order valence-corrected chi connectivity index (χ1v) is 6.73. The van der Waals surface area contributed by atoms with Gasteiger partial charge in [0.05, 0.1) is 6.42 Å². The number of Topliss-reactive ketones (excluding diaryl/α,β-unsaturated/α-hetero) is 1. The molecule has 0 unspecified atom stereocenters. The second-order valence-corrected chi connectivity index (χ2v) is 6.08. The highest BCUT2D eigenvalue weighted by Crippen LogP contribution is 2.27. The minimum Gasteiger partial charge on any atom is -0.355 e. The van der Waals surface area contributed by atoms with E-state index in [4.69, 9.17) is 0 Å². The average molecular weight is 330 g/mol. The lowest BCUT2D eigenvalue weighted by molar-refractivity contribution is -0.127. The van der Waals surface area contributed by atoms with Crippen molar-refractivity contribution in [3.63, 3.8) is 0 Å². The Morgan fingerprint density at radius 2 is 2.00 bits per heavy atom. The molecule has 104 valence electrons. The van der Waals surface area contributed by atoms with Gasteiger partial charge in [0, 0.05) is 16.4 Å².